The maximum atomic E-state index is 13.4. The van der Waals surface area contributed by atoms with Crippen LogP contribution in [0.15, 0.2) is 70.3 Å². The van der Waals surface area contributed by atoms with E-state index >= 15 is 0 Å². The summed E-state index contributed by atoms with van der Waals surface area (Å²) in [4.78, 5) is 17.3. The van der Waals surface area contributed by atoms with Crippen LogP contribution in [-0.4, -0.2) is 68.1 Å². The number of hydrogen-bond donors (Lipinski definition) is 2. The molecule has 0 aliphatic carbocycles. The number of fused-ring (bicyclic) bond motifs is 1. The average Bonchev–Trinajstić information content (AvgIpc) is 3.44. The first kappa shape index (κ1) is 28.1. The molecule has 0 saturated heterocycles. The van der Waals surface area contributed by atoms with Crippen molar-refractivity contribution in [2.24, 2.45) is 5.92 Å². The number of nitrogens with zero attached hydrogens (tertiary/aromatic N) is 2. The lowest BCUT2D eigenvalue weighted by molar-refractivity contribution is -0.134. The number of aliphatic hydroxyl groups is 1. The predicted molar refractivity (Wildman–Crippen MR) is 150 cm³/mol. The monoisotopic (exact) mass is 557 g/mol. The van der Waals surface area contributed by atoms with Crippen LogP contribution in [0, 0.1) is 5.92 Å². The summed E-state index contributed by atoms with van der Waals surface area (Å²) in [7, 11) is -1.69. The first-order valence-electron chi connectivity index (χ1n) is 12.6. The molecule has 1 aliphatic heterocycles. The van der Waals surface area contributed by atoms with E-state index < -0.39 is 10.0 Å². The van der Waals surface area contributed by atoms with E-state index in [9.17, 15) is 18.3 Å². The molecule has 10 heteroatoms. The van der Waals surface area contributed by atoms with E-state index in [0.29, 0.717) is 30.1 Å². The second kappa shape index (κ2) is 12.3. The van der Waals surface area contributed by atoms with Gasteiger partial charge in [-0.2, -0.15) is 0 Å². The van der Waals surface area contributed by atoms with Gasteiger partial charge in [-0.3, -0.25) is 14.4 Å². The third-order valence-electron chi connectivity index (χ3n) is 6.72. The Hall–Kier alpha value is -2.92. The third kappa shape index (κ3) is 6.93. The van der Waals surface area contributed by atoms with Gasteiger partial charge in [-0.05, 0) is 49.2 Å². The van der Waals surface area contributed by atoms with Crippen LogP contribution in [0.3, 0.4) is 0 Å². The van der Waals surface area contributed by atoms with Gasteiger partial charge in [0.25, 0.3) is 10.0 Å². The van der Waals surface area contributed by atoms with E-state index in [-0.39, 0.29) is 41.2 Å². The van der Waals surface area contributed by atoms with Crippen LogP contribution in [0.1, 0.15) is 25.0 Å². The van der Waals surface area contributed by atoms with E-state index in [2.05, 4.69) is 28.7 Å². The van der Waals surface area contributed by atoms with Crippen molar-refractivity contribution in [1.82, 2.24) is 9.80 Å². The Balaban J connectivity index is 1.63. The molecule has 1 aromatic heterocycles. The summed E-state index contributed by atoms with van der Waals surface area (Å²) in [5, 5.41) is 11.6. The van der Waals surface area contributed by atoms with E-state index in [0.717, 1.165) is 17.9 Å². The van der Waals surface area contributed by atoms with Gasteiger partial charge in [0.05, 0.1) is 19.1 Å². The molecule has 0 bridgehead atoms. The van der Waals surface area contributed by atoms with Crippen molar-refractivity contribution in [3.05, 3.63) is 77.2 Å². The van der Waals surface area contributed by atoms with Crippen molar-refractivity contribution in [2.75, 3.05) is 31.5 Å². The molecule has 3 atom stereocenters. The molecule has 38 heavy (non-hydrogen) atoms. The number of rotatable bonds is 9. The summed E-state index contributed by atoms with van der Waals surface area (Å²) in [5.74, 6) is 0.398. The zero-order valence-electron chi connectivity index (χ0n) is 21.9. The van der Waals surface area contributed by atoms with Crippen molar-refractivity contribution in [2.45, 2.75) is 43.2 Å². The predicted octanol–water partition coefficient (Wildman–Crippen LogP) is 3.83. The van der Waals surface area contributed by atoms with Gasteiger partial charge in [0.2, 0.25) is 5.91 Å². The number of carbonyl (C=O) groups is 1. The highest BCUT2D eigenvalue weighted by atomic mass is 32.2. The fraction of sp³-hybridized carbons (Fsp3) is 0.393. The third-order valence-corrected chi connectivity index (χ3v) is 9.49. The quantitative estimate of drug-likeness (QED) is 0.415. The Morgan fingerprint density at radius 1 is 1.18 bits per heavy atom. The highest BCUT2D eigenvalue weighted by Crippen LogP contribution is 2.30. The second-order valence-electron chi connectivity index (χ2n) is 9.93. The number of benzene rings is 2. The number of thiophene rings is 1. The van der Waals surface area contributed by atoms with E-state index in [1.54, 1.807) is 40.6 Å². The lowest BCUT2D eigenvalue weighted by Gasteiger charge is -2.34. The molecule has 0 fully saturated rings. The van der Waals surface area contributed by atoms with E-state index in [1.807, 2.05) is 32.2 Å². The van der Waals surface area contributed by atoms with Gasteiger partial charge in [-0.15, -0.1) is 11.3 Å². The van der Waals surface area contributed by atoms with Crippen molar-refractivity contribution in [3.63, 3.8) is 0 Å². The van der Waals surface area contributed by atoms with Crippen LogP contribution < -0.4 is 9.46 Å². The van der Waals surface area contributed by atoms with E-state index in [1.165, 1.54) is 5.56 Å². The summed E-state index contributed by atoms with van der Waals surface area (Å²) >= 11 is 1.14. The largest absolute Gasteiger partial charge is 0.488 e. The smallest absolute Gasteiger partial charge is 0.271 e. The van der Waals surface area contributed by atoms with Crippen LogP contribution in [0.4, 0.5) is 5.69 Å². The molecule has 0 radical (unpaired) electrons. The summed E-state index contributed by atoms with van der Waals surface area (Å²) < 4.78 is 34.9. The number of nitrogens with one attached hydrogen (secondary N) is 1. The zero-order valence-corrected chi connectivity index (χ0v) is 23.5. The van der Waals surface area contributed by atoms with Crippen molar-refractivity contribution < 1.29 is 23.1 Å². The number of aliphatic hydroxyl groups excluding tert-OH is 1. The van der Waals surface area contributed by atoms with E-state index in [4.69, 9.17) is 4.74 Å². The normalized spacial score (nSPS) is 19.2. The van der Waals surface area contributed by atoms with Gasteiger partial charge < -0.3 is 14.7 Å². The molecule has 0 unspecified atom stereocenters. The highest BCUT2D eigenvalue weighted by molar-refractivity contribution is 7.94. The number of hydrogen-bond acceptors (Lipinski definition) is 7. The van der Waals surface area contributed by atoms with Crippen LogP contribution in [0.5, 0.6) is 5.75 Å². The molecule has 2 heterocycles. The molecule has 0 spiro atoms. The number of ether oxygens (including phenoxy) is 1. The number of amides is 1. The molecule has 1 aliphatic rings. The Kier molecular flexibility index (Phi) is 9.09. The van der Waals surface area contributed by atoms with Crippen molar-refractivity contribution in [1.29, 1.82) is 0 Å². The molecular formula is C28H35N3O5S2. The second-order valence-corrected chi connectivity index (χ2v) is 12.8. The standard InChI is InChI=1S/C28H35N3O5S2/c1-20-16-31(21(2)19-32)27(33)15-23-14-24(29-38(34,35)28-10-7-13-37-28)11-12-25(23)36-26(20)18-30(3)17-22-8-5-4-6-9-22/h4-14,20-21,26,29,32H,15-19H2,1-3H3/t20-,21-,26+/m1/s1. The molecule has 2 aromatic carbocycles. The average molecular weight is 558 g/mol. The lowest BCUT2D eigenvalue weighted by Crippen LogP contribution is -2.47. The molecule has 0 saturated carbocycles. The zero-order chi connectivity index (χ0) is 27.3. The topological polar surface area (TPSA) is 99.2 Å². The Morgan fingerprint density at radius 3 is 2.63 bits per heavy atom. The van der Waals surface area contributed by atoms with Gasteiger partial charge in [0.1, 0.15) is 16.1 Å². The minimum atomic E-state index is -3.73. The molecule has 8 nitrogen and oxygen atoms in total. The lowest BCUT2D eigenvalue weighted by atomic mass is 10.0. The summed E-state index contributed by atoms with van der Waals surface area (Å²) in [5.41, 5.74) is 2.15. The maximum absolute atomic E-state index is 13.4. The van der Waals surface area contributed by atoms with Gasteiger partial charge in [-0.1, -0.05) is 43.3 Å². The van der Waals surface area contributed by atoms with Crippen LogP contribution in [-0.2, 0) is 27.8 Å². The number of likely N-dealkylation sites (N-methyl/N-ethyl adjacent to an activating group) is 1. The SMILES string of the molecule is C[C@@H]1CN([C@H](C)CO)C(=O)Cc2cc(NS(=O)(=O)c3cccs3)ccc2O[C@H]1CN(C)Cc1ccccc1. The molecule has 4 rings (SSSR count). The highest BCUT2D eigenvalue weighted by Gasteiger charge is 2.31. The molecule has 1 amide bonds. The first-order valence-corrected chi connectivity index (χ1v) is 15.0. The minimum Gasteiger partial charge on any atom is -0.488 e. The summed E-state index contributed by atoms with van der Waals surface area (Å²) in [6, 6.07) is 18.1. The van der Waals surface area contributed by atoms with Crippen LogP contribution >= 0.6 is 11.3 Å². The Morgan fingerprint density at radius 2 is 1.95 bits per heavy atom. The Bertz CT molecular complexity index is 1320. The van der Waals surface area contributed by atoms with Crippen LogP contribution in [0.25, 0.3) is 0 Å². The molecule has 204 valence electrons. The fourth-order valence-electron chi connectivity index (χ4n) is 4.60. The van der Waals surface area contributed by atoms with Crippen LogP contribution in [0.2, 0.25) is 0 Å². The van der Waals surface area contributed by atoms with Gasteiger partial charge >= 0.3 is 0 Å². The minimum absolute atomic E-state index is 0.0193. The number of anilines is 1. The number of sulfonamides is 1. The van der Waals surface area contributed by atoms with Gasteiger partial charge in [0.15, 0.2) is 0 Å². The maximum Gasteiger partial charge on any atom is 0.271 e. The molecule has 2 N–H and O–H groups in total. The van der Waals surface area contributed by atoms with Gasteiger partial charge in [-0.25, -0.2) is 8.42 Å². The van der Waals surface area contributed by atoms with Crippen molar-refractivity contribution >= 4 is 33.0 Å². The molecule has 3 aromatic rings. The summed E-state index contributed by atoms with van der Waals surface area (Å²) in [6.07, 6.45) is -0.205. The van der Waals surface area contributed by atoms with Gasteiger partial charge in [0, 0.05) is 36.8 Å². The fourth-order valence-corrected chi connectivity index (χ4v) is 6.64. The Labute approximate surface area is 228 Å². The first-order chi connectivity index (χ1) is 18.2. The summed E-state index contributed by atoms with van der Waals surface area (Å²) in [6.45, 7) is 5.55. The van der Waals surface area contributed by atoms with Crippen molar-refractivity contribution in [3.8, 4) is 5.75 Å². The number of carbonyl (C=O) groups excluding carboxylic acids is 1. The molecular weight excluding hydrogens is 522 g/mol.